The molecule has 0 aliphatic carbocycles. The van der Waals surface area contributed by atoms with Crippen LogP contribution in [0.25, 0.3) is 11.0 Å². The second kappa shape index (κ2) is 9.24. The first kappa shape index (κ1) is 21.1. The molecule has 3 aromatic rings. The minimum atomic E-state index is -0.777. The summed E-state index contributed by atoms with van der Waals surface area (Å²) in [5.41, 5.74) is 1.82. The summed E-state index contributed by atoms with van der Waals surface area (Å²) in [4.78, 5) is 34.4. The van der Waals surface area contributed by atoms with E-state index in [1.54, 1.807) is 54.1 Å². The van der Waals surface area contributed by atoms with Gasteiger partial charge in [0, 0.05) is 25.4 Å². The molecule has 0 aliphatic rings. The molecule has 0 radical (unpaired) electrons. The van der Waals surface area contributed by atoms with Gasteiger partial charge in [-0.3, -0.25) is 14.5 Å². The number of ether oxygens (including phenoxy) is 1. The van der Waals surface area contributed by atoms with E-state index in [0.29, 0.717) is 22.7 Å². The molecule has 0 unspecified atom stereocenters. The number of carbonyl (C=O) groups excluding carboxylic acids is 2. The average Bonchev–Trinajstić information content (AvgIpc) is 3.05. The number of esters is 1. The Labute approximate surface area is 178 Å². The molecule has 0 aliphatic heterocycles. The number of nitrogens with zero attached hydrogens (tertiary/aromatic N) is 4. The Bertz CT molecular complexity index is 1020. The zero-order chi connectivity index (χ0) is 21.0. The summed E-state index contributed by atoms with van der Waals surface area (Å²) < 4.78 is 6.76. The van der Waals surface area contributed by atoms with E-state index in [1.165, 1.54) is 4.90 Å². The smallest absolute Gasteiger partial charge is 0.307 e. The van der Waals surface area contributed by atoms with E-state index < -0.39 is 4.84 Å². The van der Waals surface area contributed by atoms with Crippen LogP contribution in [0.15, 0.2) is 42.6 Å². The molecule has 0 bridgehead atoms. The number of aryl methyl sites for hydroxylation is 1. The molecule has 152 valence electrons. The summed E-state index contributed by atoms with van der Waals surface area (Å²) in [6.45, 7) is 2.17. The Morgan fingerprint density at radius 1 is 1.24 bits per heavy atom. The molecule has 3 rings (SSSR count). The van der Waals surface area contributed by atoms with Crippen molar-refractivity contribution in [3.63, 3.8) is 0 Å². The molecule has 2 aromatic heterocycles. The first-order valence-corrected chi connectivity index (χ1v) is 9.92. The van der Waals surface area contributed by atoms with Crippen molar-refractivity contribution in [3.05, 3.63) is 54.0 Å². The third-order valence-electron chi connectivity index (χ3n) is 4.37. The molecule has 0 fully saturated rings. The van der Waals surface area contributed by atoms with Crippen molar-refractivity contribution >= 4 is 51.9 Å². The molecular weight excluding hydrogens is 415 g/mol. The molecular formula is C20H20Cl2N4O3. The lowest BCUT2D eigenvalue weighted by Crippen LogP contribution is -2.34. The second-order valence-corrected chi connectivity index (χ2v) is 7.33. The van der Waals surface area contributed by atoms with Gasteiger partial charge in [-0.15, -0.1) is 0 Å². The number of amides is 1. The number of hydrogen-bond donors (Lipinski definition) is 0. The summed E-state index contributed by atoms with van der Waals surface area (Å²) in [6, 6.07) is 10.4. The van der Waals surface area contributed by atoms with Gasteiger partial charge in [0.15, 0.2) is 4.84 Å². The standard InChI is InChI=1S/C20H20Cl2N4O3/c1-3-29-17(27)9-11-26(16-6-4-5-10-23-16)20(28)13-7-8-15-14(12-13)24-19(18(21)22)25(15)2/h4-8,10,12,18H,3,9,11H2,1-2H3. The van der Waals surface area contributed by atoms with Crippen LogP contribution in [-0.4, -0.2) is 39.6 Å². The highest BCUT2D eigenvalue weighted by Gasteiger charge is 2.22. The van der Waals surface area contributed by atoms with Crippen molar-refractivity contribution in [2.75, 3.05) is 18.1 Å². The van der Waals surface area contributed by atoms with Gasteiger partial charge in [-0.25, -0.2) is 9.97 Å². The minimum absolute atomic E-state index is 0.0618. The number of pyridine rings is 1. The summed E-state index contributed by atoms with van der Waals surface area (Å²) in [5, 5.41) is 0. The number of benzene rings is 1. The maximum absolute atomic E-state index is 13.2. The Balaban J connectivity index is 1.93. The highest BCUT2D eigenvalue weighted by molar-refractivity contribution is 6.43. The van der Waals surface area contributed by atoms with Gasteiger partial charge >= 0.3 is 5.97 Å². The second-order valence-electron chi connectivity index (χ2n) is 6.23. The molecule has 0 saturated carbocycles. The monoisotopic (exact) mass is 434 g/mol. The quantitative estimate of drug-likeness (QED) is 0.414. The summed E-state index contributed by atoms with van der Waals surface area (Å²) in [6.07, 6.45) is 1.65. The predicted molar refractivity (Wildman–Crippen MR) is 112 cm³/mol. The normalized spacial score (nSPS) is 11.1. The van der Waals surface area contributed by atoms with Crippen LogP contribution in [-0.2, 0) is 16.6 Å². The predicted octanol–water partition coefficient (Wildman–Crippen LogP) is 4.04. The maximum atomic E-state index is 13.2. The van der Waals surface area contributed by atoms with Crippen LogP contribution in [0.2, 0.25) is 0 Å². The molecule has 1 amide bonds. The van der Waals surface area contributed by atoms with Crippen molar-refractivity contribution < 1.29 is 14.3 Å². The van der Waals surface area contributed by atoms with Gasteiger partial charge in [0.05, 0.1) is 24.1 Å². The van der Waals surface area contributed by atoms with E-state index in [9.17, 15) is 9.59 Å². The lowest BCUT2D eigenvalue weighted by Gasteiger charge is -2.21. The summed E-state index contributed by atoms with van der Waals surface area (Å²) in [5.74, 6) is 0.277. The van der Waals surface area contributed by atoms with Crippen molar-refractivity contribution in [2.24, 2.45) is 7.05 Å². The molecule has 1 aromatic carbocycles. The highest BCUT2D eigenvalue weighted by atomic mass is 35.5. The third-order valence-corrected chi connectivity index (χ3v) is 4.76. The van der Waals surface area contributed by atoms with Gasteiger partial charge in [0.1, 0.15) is 11.6 Å². The van der Waals surface area contributed by atoms with E-state index in [4.69, 9.17) is 27.9 Å². The Morgan fingerprint density at radius 2 is 2.03 bits per heavy atom. The zero-order valence-electron chi connectivity index (χ0n) is 16.0. The first-order valence-electron chi connectivity index (χ1n) is 9.05. The number of rotatable bonds is 7. The molecule has 0 N–H and O–H groups in total. The lowest BCUT2D eigenvalue weighted by molar-refractivity contribution is -0.142. The zero-order valence-corrected chi connectivity index (χ0v) is 17.5. The number of aromatic nitrogens is 3. The Hall–Kier alpha value is -2.64. The highest BCUT2D eigenvalue weighted by Crippen LogP contribution is 2.28. The van der Waals surface area contributed by atoms with Crippen LogP contribution >= 0.6 is 23.2 Å². The molecule has 0 saturated heterocycles. The molecule has 0 spiro atoms. The number of halogens is 2. The van der Waals surface area contributed by atoms with Gasteiger partial charge in [-0.05, 0) is 37.3 Å². The van der Waals surface area contributed by atoms with Crippen LogP contribution in [0.3, 0.4) is 0 Å². The molecule has 9 heteroatoms. The third kappa shape index (κ3) is 4.68. The largest absolute Gasteiger partial charge is 0.466 e. The van der Waals surface area contributed by atoms with Crippen LogP contribution in [0.1, 0.15) is 34.4 Å². The molecule has 0 atom stereocenters. The van der Waals surface area contributed by atoms with Gasteiger partial charge in [-0.2, -0.15) is 0 Å². The van der Waals surface area contributed by atoms with Crippen molar-refractivity contribution in [2.45, 2.75) is 18.2 Å². The minimum Gasteiger partial charge on any atom is -0.466 e. The van der Waals surface area contributed by atoms with Crippen LogP contribution in [0.5, 0.6) is 0 Å². The fraction of sp³-hybridized carbons (Fsp3) is 0.300. The number of fused-ring (bicyclic) bond motifs is 1. The van der Waals surface area contributed by atoms with E-state index in [0.717, 1.165) is 5.52 Å². The first-order chi connectivity index (χ1) is 13.9. The average molecular weight is 435 g/mol. The van der Waals surface area contributed by atoms with E-state index in [-0.39, 0.29) is 31.4 Å². The SMILES string of the molecule is CCOC(=O)CCN(C(=O)c1ccc2c(c1)nc(C(Cl)Cl)n2C)c1ccccn1. The van der Waals surface area contributed by atoms with E-state index in [1.807, 2.05) is 7.05 Å². The number of imidazole rings is 1. The number of carbonyl (C=O) groups is 2. The van der Waals surface area contributed by atoms with E-state index >= 15 is 0 Å². The summed E-state index contributed by atoms with van der Waals surface area (Å²) in [7, 11) is 1.81. The number of anilines is 1. The number of alkyl halides is 2. The number of hydrogen-bond acceptors (Lipinski definition) is 5. The fourth-order valence-electron chi connectivity index (χ4n) is 2.97. The fourth-order valence-corrected chi connectivity index (χ4v) is 3.36. The topological polar surface area (TPSA) is 77.3 Å². The van der Waals surface area contributed by atoms with Gasteiger partial charge < -0.3 is 9.30 Å². The van der Waals surface area contributed by atoms with Crippen LogP contribution in [0, 0.1) is 0 Å². The van der Waals surface area contributed by atoms with Crippen LogP contribution < -0.4 is 4.90 Å². The van der Waals surface area contributed by atoms with Crippen molar-refractivity contribution in [1.29, 1.82) is 0 Å². The Morgan fingerprint density at radius 3 is 2.69 bits per heavy atom. The van der Waals surface area contributed by atoms with E-state index in [2.05, 4.69) is 9.97 Å². The molecule has 29 heavy (non-hydrogen) atoms. The lowest BCUT2D eigenvalue weighted by atomic mass is 10.1. The van der Waals surface area contributed by atoms with Crippen molar-refractivity contribution in [3.8, 4) is 0 Å². The molecule has 7 nitrogen and oxygen atoms in total. The Kier molecular flexibility index (Phi) is 6.71. The molecule has 2 heterocycles. The summed E-state index contributed by atoms with van der Waals surface area (Å²) >= 11 is 11.9. The van der Waals surface area contributed by atoms with Gasteiger partial charge in [0.2, 0.25) is 0 Å². The van der Waals surface area contributed by atoms with Gasteiger partial charge in [-0.1, -0.05) is 29.3 Å². The van der Waals surface area contributed by atoms with Crippen molar-refractivity contribution in [1.82, 2.24) is 14.5 Å². The van der Waals surface area contributed by atoms with Gasteiger partial charge in [0.25, 0.3) is 5.91 Å². The van der Waals surface area contributed by atoms with Crippen LogP contribution in [0.4, 0.5) is 5.82 Å². The maximum Gasteiger partial charge on any atom is 0.307 e.